The molecule has 0 heterocycles. The predicted octanol–water partition coefficient (Wildman–Crippen LogP) is 3.50. The molecule has 0 fully saturated rings. The van der Waals surface area contributed by atoms with E-state index >= 15 is 0 Å². The van der Waals surface area contributed by atoms with Crippen LogP contribution in [0.4, 0.5) is 0 Å². The summed E-state index contributed by atoms with van der Waals surface area (Å²) in [6.45, 7) is 7.69. The normalized spacial score (nSPS) is 6.50. The molecule has 0 unspecified atom stereocenters. The first-order valence-corrected chi connectivity index (χ1v) is 4.45. The first-order chi connectivity index (χ1) is 6.25. The number of rotatable bonds is 1. The third kappa shape index (κ3) is 8.60. The van der Waals surface area contributed by atoms with Crippen molar-refractivity contribution in [2.24, 2.45) is 0 Å². The molecule has 1 nitrogen and oxygen atoms in total. The van der Waals surface area contributed by atoms with Crippen LogP contribution in [0.25, 0.3) is 5.57 Å². The van der Waals surface area contributed by atoms with Gasteiger partial charge in [0.05, 0.1) is 5.94 Å². The molecule has 0 amide bonds. The third-order valence-corrected chi connectivity index (χ3v) is 1.59. The second-order valence-corrected chi connectivity index (χ2v) is 2.46. The van der Waals surface area contributed by atoms with Gasteiger partial charge in [-0.2, -0.15) is 0 Å². The van der Waals surface area contributed by atoms with E-state index in [0.29, 0.717) is 5.57 Å². The molecule has 0 bridgehead atoms. The summed E-state index contributed by atoms with van der Waals surface area (Å²) in [6.07, 6.45) is 0. The van der Waals surface area contributed by atoms with Crippen LogP contribution in [0.3, 0.4) is 0 Å². The van der Waals surface area contributed by atoms with E-state index in [4.69, 9.17) is 0 Å². The molecule has 1 aromatic carbocycles. The Morgan fingerprint density at radius 1 is 1.38 bits per heavy atom. The maximum absolute atomic E-state index is 10.3. The van der Waals surface area contributed by atoms with Gasteiger partial charge in [-0.25, -0.2) is 4.79 Å². The molecule has 1 rings (SSSR count). The SMILES string of the molecule is CC.CC(=C=O)c1[c-]cccc1C.[CH3-].[W].[Y]. The van der Waals surface area contributed by atoms with Crippen molar-refractivity contribution in [3.8, 4) is 0 Å². The van der Waals surface area contributed by atoms with Crippen molar-refractivity contribution in [1.82, 2.24) is 0 Å². The van der Waals surface area contributed by atoms with Crippen molar-refractivity contribution in [3.63, 3.8) is 0 Å². The van der Waals surface area contributed by atoms with Crippen LogP contribution in [0.1, 0.15) is 31.9 Å². The zero-order valence-electron chi connectivity index (χ0n) is 10.6. The number of aryl methyl sites for hydroxylation is 1. The maximum atomic E-state index is 10.3. The average Bonchev–Trinajstić information content (AvgIpc) is 2.20. The Morgan fingerprint density at radius 3 is 2.25 bits per heavy atom. The number of hydrogen-bond acceptors (Lipinski definition) is 1. The van der Waals surface area contributed by atoms with Crippen LogP contribution in [0.5, 0.6) is 0 Å². The fourth-order valence-corrected chi connectivity index (χ4v) is 0.976. The first kappa shape index (κ1) is 25.3. The van der Waals surface area contributed by atoms with Crippen LogP contribution in [0.15, 0.2) is 18.2 Å². The van der Waals surface area contributed by atoms with Gasteiger partial charge in [0.25, 0.3) is 0 Å². The van der Waals surface area contributed by atoms with Gasteiger partial charge < -0.3 is 7.43 Å². The Morgan fingerprint density at radius 2 is 1.88 bits per heavy atom. The van der Waals surface area contributed by atoms with E-state index in [1.807, 2.05) is 38.8 Å². The predicted molar refractivity (Wildman–Crippen MR) is 62.6 cm³/mol. The third-order valence-electron chi connectivity index (χ3n) is 1.59. The molecular weight excluding hydrogens is 445 g/mol. The summed E-state index contributed by atoms with van der Waals surface area (Å²) in [5.74, 6) is 1.86. The summed E-state index contributed by atoms with van der Waals surface area (Å²) in [7, 11) is 0. The topological polar surface area (TPSA) is 17.1 Å². The minimum absolute atomic E-state index is 0. The zero-order valence-corrected chi connectivity index (χ0v) is 16.4. The van der Waals surface area contributed by atoms with Gasteiger partial charge in [-0.05, 0) is 5.57 Å². The number of benzene rings is 1. The van der Waals surface area contributed by atoms with Gasteiger partial charge in [0, 0.05) is 53.8 Å². The molecule has 0 saturated heterocycles. The van der Waals surface area contributed by atoms with Gasteiger partial charge in [0.2, 0.25) is 0 Å². The van der Waals surface area contributed by atoms with Gasteiger partial charge in [-0.3, -0.25) is 0 Å². The van der Waals surface area contributed by atoms with Crippen LogP contribution in [0, 0.1) is 20.4 Å². The zero-order chi connectivity index (χ0) is 10.3. The smallest absolute Gasteiger partial charge is 0.0764 e. The van der Waals surface area contributed by atoms with Gasteiger partial charge >= 0.3 is 0 Å². The molecule has 0 aliphatic carbocycles. The molecule has 0 N–H and O–H groups in total. The molecule has 0 spiro atoms. The molecule has 0 saturated carbocycles. The molecule has 16 heavy (non-hydrogen) atoms. The van der Waals surface area contributed by atoms with Crippen LogP contribution < -0.4 is 0 Å². The summed E-state index contributed by atoms with van der Waals surface area (Å²) < 4.78 is 0. The number of allylic oxidation sites excluding steroid dienone is 1. The van der Waals surface area contributed by atoms with E-state index < -0.39 is 0 Å². The van der Waals surface area contributed by atoms with E-state index in [9.17, 15) is 4.79 Å². The molecule has 3 heteroatoms. The van der Waals surface area contributed by atoms with Crippen LogP contribution in [-0.2, 0) is 58.6 Å². The van der Waals surface area contributed by atoms with E-state index in [2.05, 4.69) is 6.07 Å². The number of hydrogen-bond donors (Lipinski definition) is 0. The number of carbonyl (C=O) groups excluding carboxylic acids is 1. The second-order valence-electron chi connectivity index (χ2n) is 2.46. The van der Waals surface area contributed by atoms with E-state index in [1.165, 1.54) is 0 Å². The largest absolute Gasteiger partial charge is 0.358 e. The molecule has 0 aromatic heterocycles. The van der Waals surface area contributed by atoms with Crippen molar-refractivity contribution in [2.45, 2.75) is 27.7 Å². The van der Waals surface area contributed by atoms with E-state index in [-0.39, 0.29) is 61.2 Å². The van der Waals surface area contributed by atoms with Gasteiger partial charge in [-0.15, -0.1) is 35.4 Å². The van der Waals surface area contributed by atoms with Crippen molar-refractivity contribution in [1.29, 1.82) is 0 Å². The minimum atomic E-state index is 0. The summed E-state index contributed by atoms with van der Waals surface area (Å²) >= 11 is 0. The van der Waals surface area contributed by atoms with E-state index in [0.717, 1.165) is 11.1 Å². The Kier molecular flexibility index (Phi) is 24.5. The van der Waals surface area contributed by atoms with Crippen LogP contribution >= 0.6 is 0 Å². The van der Waals surface area contributed by atoms with Crippen molar-refractivity contribution in [2.75, 3.05) is 0 Å². The standard InChI is InChI=1S/C10H9O.C2H6.CH3.W.Y/c1-8-5-3-4-6-10(8)9(2)7-11;1-2;;;/h3-5H,1-2H3;1-2H3;1H3;;/q-1;;-1;;. The molecule has 87 valence electrons. The average molecular weight is 463 g/mol. The van der Waals surface area contributed by atoms with Gasteiger partial charge in [0.15, 0.2) is 0 Å². The van der Waals surface area contributed by atoms with Crippen molar-refractivity contribution in [3.05, 3.63) is 42.8 Å². The molecule has 1 radical (unpaired) electrons. The quantitative estimate of drug-likeness (QED) is 0.461. The molecule has 0 atom stereocenters. The minimum Gasteiger partial charge on any atom is -0.358 e. The maximum Gasteiger partial charge on any atom is 0.0764 e. The van der Waals surface area contributed by atoms with Gasteiger partial charge in [-0.1, -0.05) is 27.7 Å². The summed E-state index contributed by atoms with van der Waals surface area (Å²) in [5.41, 5.74) is 2.54. The van der Waals surface area contributed by atoms with E-state index in [1.54, 1.807) is 13.0 Å². The summed E-state index contributed by atoms with van der Waals surface area (Å²) in [5, 5.41) is 0. The monoisotopic (exact) mass is 463 g/mol. The van der Waals surface area contributed by atoms with Crippen LogP contribution in [-0.4, -0.2) is 5.94 Å². The Balaban J connectivity index is -0.000000136. The fraction of sp³-hybridized carbons (Fsp3) is 0.308. The Hall–Kier alpha value is 0.462. The molecule has 0 aliphatic rings. The molecular formula is C13H18OWY-2. The second kappa shape index (κ2) is 15.5. The Labute approximate surface area is 139 Å². The van der Waals surface area contributed by atoms with Gasteiger partial charge in [0.1, 0.15) is 0 Å². The summed E-state index contributed by atoms with van der Waals surface area (Å²) in [4.78, 5) is 10.3. The van der Waals surface area contributed by atoms with Crippen molar-refractivity contribution < 1.29 is 58.6 Å². The van der Waals surface area contributed by atoms with Crippen LogP contribution in [0.2, 0.25) is 0 Å². The molecule has 0 aliphatic heterocycles. The molecule has 1 aromatic rings. The fourth-order valence-electron chi connectivity index (χ4n) is 0.976. The summed E-state index contributed by atoms with van der Waals surface area (Å²) in [6, 6.07) is 8.63. The first-order valence-electron chi connectivity index (χ1n) is 4.45. The Bertz CT molecular complexity index is 317. The van der Waals surface area contributed by atoms with Crippen molar-refractivity contribution >= 4 is 11.5 Å².